The van der Waals surface area contributed by atoms with Crippen LogP contribution >= 0.6 is 10.7 Å². The number of halogens is 7. The number of nitrogens with zero attached hydrogens (tertiary/aromatic N) is 1. The molecule has 114 valence electrons. The molecule has 1 aromatic heterocycles. The van der Waals surface area contributed by atoms with Crippen molar-refractivity contribution in [2.24, 2.45) is 0 Å². The van der Waals surface area contributed by atoms with Crippen LogP contribution in [0.5, 0.6) is 5.88 Å². The Balaban J connectivity index is 3.02. The fraction of sp³-hybridized carbons (Fsp3) is 0.375. The standard InChI is InChI=1S/C8H4ClF6NO3S/c9-20(17,18)4-1-2-5(16-3-4)19-6(7(10,11)12)8(13,14)15/h1-3,6H. The molecule has 1 heterocycles. The van der Waals surface area contributed by atoms with E-state index in [0.717, 1.165) is 0 Å². The second-order valence-corrected chi connectivity index (χ2v) is 5.92. The van der Waals surface area contributed by atoms with Gasteiger partial charge in [0.15, 0.2) is 0 Å². The third kappa shape index (κ3) is 4.40. The summed E-state index contributed by atoms with van der Waals surface area (Å²) in [6, 6.07) is 1.19. The summed E-state index contributed by atoms with van der Waals surface area (Å²) >= 11 is 0. The predicted octanol–water partition coefficient (Wildman–Crippen LogP) is 2.88. The minimum absolute atomic E-state index is 0.474. The molecule has 0 N–H and O–H groups in total. The fourth-order valence-electron chi connectivity index (χ4n) is 1.02. The highest BCUT2D eigenvalue weighted by atomic mass is 35.7. The third-order valence-electron chi connectivity index (χ3n) is 1.82. The summed E-state index contributed by atoms with van der Waals surface area (Å²) in [7, 11) is 0.698. The molecule has 12 heteroatoms. The van der Waals surface area contributed by atoms with Crippen molar-refractivity contribution in [2.75, 3.05) is 0 Å². The molecule has 0 saturated carbocycles. The number of ether oxygens (including phenoxy) is 1. The van der Waals surface area contributed by atoms with Gasteiger partial charge in [-0.05, 0) is 6.07 Å². The summed E-state index contributed by atoms with van der Waals surface area (Å²) in [4.78, 5) is 2.43. The normalized spacial score (nSPS) is 13.6. The van der Waals surface area contributed by atoms with Crippen molar-refractivity contribution in [1.82, 2.24) is 4.98 Å². The summed E-state index contributed by atoms with van der Waals surface area (Å²) in [5.74, 6) is -1.05. The Morgan fingerprint density at radius 2 is 1.60 bits per heavy atom. The van der Waals surface area contributed by atoms with Gasteiger partial charge in [0.1, 0.15) is 4.90 Å². The zero-order valence-electron chi connectivity index (χ0n) is 9.04. The molecule has 1 rings (SSSR count). The number of hydrogen-bond donors (Lipinski definition) is 0. The zero-order chi connectivity index (χ0) is 15.8. The first kappa shape index (κ1) is 16.8. The monoisotopic (exact) mass is 343 g/mol. The lowest BCUT2D eigenvalue weighted by Gasteiger charge is -2.23. The van der Waals surface area contributed by atoms with Gasteiger partial charge in [0.05, 0.1) is 6.20 Å². The molecule has 0 unspecified atom stereocenters. The van der Waals surface area contributed by atoms with Crippen LogP contribution in [0.2, 0.25) is 0 Å². The Bertz CT molecular complexity index is 553. The highest BCUT2D eigenvalue weighted by Gasteiger charge is 2.59. The summed E-state index contributed by atoms with van der Waals surface area (Å²) < 4.78 is 98.4. The minimum Gasteiger partial charge on any atom is -0.455 e. The quantitative estimate of drug-likeness (QED) is 0.625. The van der Waals surface area contributed by atoms with Gasteiger partial charge in [-0.2, -0.15) is 26.3 Å². The van der Waals surface area contributed by atoms with Crippen molar-refractivity contribution in [3.05, 3.63) is 18.3 Å². The third-order valence-corrected chi connectivity index (χ3v) is 3.16. The first-order valence-electron chi connectivity index (χ1n) is 4.52. The van der Waals surface area contributed by atoms with Gasteiger partial charge >= 0.3 is 12.4 Å². The SMILES string of the molecule is O=S(=O)(Cl)c1ccc(OC(C(F)(F)F)C(F)(F)F)nc1. The second-order valence-electron chi connectivity index (χ2n) is 3.35. The molecule has 0 bridgehead atoms. The topological polar surface area (TPSA) is 56.3 Å². The molecule has 0 fully saturated rings. The van der Waals surface area contributed by atoms with E-state index in [0.29, 0.717) is 18.3 Å². The molecule has 1 aromatic rings. The van der Waals surface area contributed by atoms with E-state index in [9.17, 15) is 34.8 Å². The summed E-state index contributed by atoms with van der Waals surface area (Å²) in [5, 5.41) is 0. The largest absolute Gasteiger partial charge is 0.455 e. The van der Waals surface area contributed by atoms with Crippen molar-refractivity contribution < 1.29 is 39.5 Å². The number of alkyl halides is 6. The van der Waals surface area contributed by atoms with E-state index in [1.807, 2.05) is 0 Å². The van der Waals surface area contributed by atoms with E-state index in [2.05, 4.69) is 9.72 Å². The van der Waals surface area contributed by atoms with Gasteiger partial charge < -0.3 is 4.74 Å². The number of hydrogen-bond acceptors (Lipinski definition) is 4. The van der Waals surface area contributed by atoms with Gasteiger partial charge in [-0.15, -0.1) is 0 Å². The minimum atomic E-state index is -5.70. The maximum atomic E-state index is 12.2. The molecular formula is C8H4ClF6NO3S. The Morgan fingerprint density at radius 1 is 1.10 bits per heavy atom. The maximum absolute atomic E-state index is 12.2. The lowest BCUT2D eigenvalue weighted by atomic mass is 10.3. The van der Waals surface area contributed by atoms with Crippen molar-refractivity contribution in [3.8, 4) is 5.88 Å². The van der Waals surface area contributed by atoms with Crippen LogP contribution in [0.1, 0.15) is 0 Å². The molecule has 0 atom stereocenters. The molecule has 0 amide bonds. The smallest absolute Gasteiger partial charge is 0.434 e. The van der Waals surface area contributed by atoms with Crippen molar-refractivity contribution in [2.45, 2.75) is 23.4 Å². The van der Waals surface area contributed by atoms with Crippen LogP contribution in [-0.4, -0.2) is 31.9 Å². The predicted molar refractivity (Wildman–Crippen MR) is 53.8 cm³/mol. The summed E-state index contributed by atoms with van der Waals surface area (Å²) in [6.45, 7) is 0. The van der Waals surface area contributed by atoms with E-state index < -0.39 is 38.3 Å². The van der Waals surface area contributed by atoms with Gasteiger partial charge in [-0.3, -0.25) is 0 Å². The fourth-order valence-corrected chi connectivity index (χ4v) is 1.70. The molecule has 0 aliphatic rings. The Morgan fingerprint density at radius 3 is 1.90 bits per heavy atom. The van der Waals surface area contributed by atoms with E-state index >= 15 is 0 Å². The van der Waals surface area contributed by atoms with Gasteiger partial charge in [0, 0.05) is 16.7 Å². The van der Waals surface area contributed by atoms with Gasteiger partial charge in [-0.1, -0.05) is 0 Å². The molecule has 0 radical (unpaired) electrons. The van der Waals surface area contributed by atoms with Crippen molar-refractivity contribution >= 4 is 19.7 Å². The number of pyridine rings is 1. The van der Waals surface area contributed by atoms with E-state index in [-0.39, 0.29) is 0 Å². The lowest BCUT2D eigenvalue weighted by Crippen LogP contribution is -2.46. The van der Waals surface area contributed by atoms with Gasteiger partial charge in [0.25, 0.3) is 15.2 Å². The lowest BCUT2D eigenvalue weighted by molar-refractivity contribution is -0.300. The molecule has 0 aliphatic heterocycles. The van der Waals surface area contributed by atoms with Crippen LogP contribution in [0, 0.1) is 0 Å². The highest BCUT2D eigenvalue weighted by molar-refractivity contribution is 8.13. The first-order chi connectivity index (χ1) is 8.82. The molecule has 0 aliphatic carbocycles. The van der Waals surface area contributed by atoms with Crippen LogP contribution in [0.15, 0.2) is 23.2 Å². The average Bonchev–Trinajstić information content (AvgIpc) is 2.22. The van der Waals surface area contributed by atoms with Crippen LogP contribution in [0.25, 0.3) is 0 Å². The van der Waals surface area contributed by atoms with Crippen LogP contribution < -0.4 is 4.74 Å². The molecule has 4 nitrogen and oxygen atoms in total. The number of aromatic nitrogens is 1. The molecule has 0 aromatic carbocycles. The molecular weight excluding hydrogens is 340 g/mol. The van der Waals surface area contributed by atoms with E-state index in [1.165, 1.54) is 0 Å². The molecule has 0 spiro atoms. The molecule has 20 heavy (non-hydrogen) atoms. The van der Waals surface area contributed by atoms with E-state index in [1.54, 1.807) is 0 Å². The summed E-state index contributed by atoms with van der Waals surface area (Å²) in [5.41, 5.74) is 0. The zero-order valence-corrected chi connectivity index (χ0v) is 10.6. The Kier molecular flexibility index (Phi) is 4.44. The first-order valence-corrected chi connectivity index (χ1v) is 6.83. The average molecular weight is 344 g/mol. The van der Waals surface area contributed by atoms with Crippen LogP contribution in [0.3, 0.4) is 0 Å². The van der Waals surface area contributed by atoms with Gasteiger partial charge in [-0.25, -0.2) is 13.4 Å². The molecule has 0 saturated heterocycles. The maximum Gasteiger partial charge on any atom is 0.434 e. The number of rotatable bonds is 3. The second kappa shape index (κ2) is 5.28. The Labute approximate surface area is 112 Å². The van der Waals surface area contributed by atoms with Crippen LogP contribution in [0.4, 0.5) is 26.3 Å². The van der Waals surface area contributed by atoms with Crippen LogP contribution in [-0.2, 0) is 9.05 Å². The van der Waals surface area contributed by atoms with Crippen molar-refractivity contribution in [3.63, 3.8) is 0 Å². The van der Waals surface area contributed by atoms with Crippen molar-refractivity contribution in [1.29, 1.82) is 0 Å². The highest BCUT2D eigenvalue weighted by Crippen LogP contribution is 2.36. The Hall–Kier alpha value is -1.23. The van der Waals surface area contributed by atoms with Gasteiger partial charge in [0.2, 0.25) is 5.88 Å². The van der Waals surface area contributed by atoms with E-state index in [4.69, 9.17) is 10.7 Å². The summed E-state index contributed by atoms with van der Waals surface area (Å²) in [6.07, 6.45) is -15.0.